The minimum atomic E-state index is -0.692. The number of nitrogens with one attached hydrogen (secondary N) is 1. The number of carboxylic acids is 1. The fourth-order valence-electron chi connectivity index (χ4n) is 5.47. The normalized spacial score (nSPS) is 17.5. The fraction of sp³-hybridized carbons (Fsp3) is 0.226. The number of halogens is 1. The molecule has 0 bridgehead atoms. The summed E-state index contributed by atoms with van der Waals surface area (Å²) in [6, 6.07) is 21.1. The summed E-state index contributed by atoms with van der Waals surface area (Å²) in [6.07, 6.45) is 7.71. The standard InChI is InChI=1S/C31H27FN4O2/c32-25-2-1-15-33-30(25)23-11-14-27-28(17-23)36-31(35-27)24-12-13-26(34-18-24)22-9-7-21(8-10-22)20-5-3-19(4-6-20)16-29(37)38/h1-2,7-15,17-20H,3-6,16H2,(H,35,36)(H,37,38). The number of H-pyrrole nitrogens is 1. The van der Waals surface area contributed by atoms with Gasteiger partial charge in [0, 0.05) is 35.5 Å². The average molecular weight is 507 g/mol. The highest BCUT2D eigenvalue weighted by Crippen LogP contribution is 2.37. The molecule has 7 heteroatoms. The van der Waals surface area contributed by atoms with Gasteiger partial charge in [-0.2, -0.15) is 0 Å². The van der Waals surface area contributed by atoms with Crippen molar-refractivity contribution in [2.45, 2.75) is 38.0 Å². The molecule has 3 heterocycles. The van der Waals surface area contributed by atoms with Gasteiger partial charge in [0.15, 0.2) is 0 Å². The van der Waals surface area contributed by atoms with Crippen LogP contribution in [0.25, 0.3) is 44.9 Å². The third-order valence-corrected chi connectivity index (χ3v) is 7.54. The third-order valence-electron chi connectivity index (χ3n) is 7.54. The van der Waals surface area contributed by atoms with Gasteiger partial charge >= 0.3 is 5.97 Å². The summed E-state index contributed by atoms with van der Waals surface area (Å²) in [5.74, 6) is 0.448. The van der Waals surface area contributed by atoms with Crippen molar-refractivity contribution >= 4 is 17.0 Å². The molecule has 1 aliphatic rings. The number of carbonyl (C=O) groups is 1. The van der Waals surface area contributed by atoms with Gasteiger partial charge in [0.1, 0.15) is 17.3 Å². The van der Waals surface area contributed by atoms with Gasteiger partial charge in [-0.15, -0.1) is 0 Å². The van der Waals surface area contributed by atoms with E-state index in [1.807, 2.05) is 36.5 Å². The maximum absolute atomic E-state index is 14.2. The Morgan fingerprint density at radius 2 is 1.68 bits per heavy atom. The summed E-state index contributed by atoms with van der Waals surface area (Å²) >= 11 is 0. The van der Waals surface area contributed by atoms with Crippen molar-refractivity contribution in [3.63, 3.8) is 0 Å². The van der Waals surface area contributed by atoms with Gasteiger partial charge in [-0.3, -0.25) is 14.8 Å². The van der Waals surface area contributed by atoms with Crippen molar-refractivity contribution in [1.82, 2.24) is 19.9 Å². The Bertz CT molecular complexity index is 1590. The Hall–Kier alpha value is -4.39. The second kappa shape index (κ2) is 10.2. The number of hydrogen-bond acceptors (Lipinski definition) is 4. The van der Waals surface area contributed by atoms with Crippen molar-refractivity contribution in [2.24, 2.45) is 5.92 Å². The summed E-state index contributed by atoms with van der Waals surface area (Å²) in [5.41, 5.74) is 6.69. The van der Waals surface area contributed by atoms with Crippen LogP contribution in [0, 0.1) is 11.7 Å². The van der Waals surface area contributed by atoms with Gasteiger partial charge in [-0.25, -0.2) is 9.37 Å². The van der Waals surface area contributed by atoms with E-state index < -0.39 is 5.97 Å². The molecule has 2 N–H and O–H groups in total. The lowest BCUT2D eigenvalue weighted by atomic mass is 9.77. The lowest BCUT2D eigenvalue weighted by Gasteiger charge is -2.28. The molecule has 38 heavy (non-hydrogen) atoms. The molecule has 2 aromatic carbocycles. The summed E-state index contributed by atoms with van der Waals surface area (Å²) in [4.78, 5) is 27.8. The summed E-state index contributed by atoms with van der Waals surface area (Å²) in [7, 11) is 0. The van der Waals surface area contributed by atoms with Crippen LogP contribution in [0.4, 0.5) is 4.39 Å². The van der Waals surface area contributed by atoms with Gasteiger partial charge < -0.3 is 10.1 Å². The number of aromatic amines is 1. The van der Waals surface area contributed by atoms with E-state index >= 15 is 0 Å². The molecular weight excluding hydrogens is 479 g/mol. The van der Waals surface area contributed by atoms with Gasteiger partial charge in [0.2, 0.25) is 0 Å². The van der Waals surface area contributed by atoms with E-state index in [1.165, 1.54) is 11.6 Å². The van der Waals surface area contributed by atoms with Crippen molar-refractivity contribution in [2.75, 3.05) is 0 Å². The topological polar surface area (TPSA) is 91.8 Å². The number of aromatic nitrogens is 4. The van der Waals surface area contributed by atoms with Crippen LogP contribution in [0.1, 0.15) is 43.6 Å². The Labute approximate surface area is 219 Å². The fourth-order valence-corrected chi connectivity index (χ4v) is 5.47. The first-order chi connectivity index (χ1) is 18.5. The first-order valence-corrected chi connectivity index (χ1v) is 12.9. The second-order valence-corrected chi connectivity index (χ2v) is 10.0. The second-order valence-electron chi connectivity index (χ2n) is 10.0. The molecular formula is C31H27FN4O2. The molecule has 190 valence electrons. The molecule has 6 nitrogen and oxygen atoms in total. The molecule has 1 aliphatic carbocycles. The molecule has 0 radical (unpaired) electrons. The molecule has 1 fully saturated rings. The summed E-state index contributed by atoms with van der Waals surface area (Å²) in [5, 5.41) is 9.04. The monoisotopic (exact) mass is 506 g/mol. The van der Waals surface area contributed by atoms with E-state index in [0.29, 0.717) is 28.9 Å². The molecule has 0 saturated heterocycles. The van der Waals surface area contributed by atoms with E-state index in [0.717, 1.165) is 53.5 Å². The molecule has 0 aliphatic heterocycles. The molecule has 5 aromatic rings. The van der Waals surface area contributed by atoms with E-state index in [-0.39, 0.29) is 12.2 Å². The van der Waals surface area contributed by atoms with Crippen LogP contribution in [0.3, 0.4) is 0 Å². The third kappa shape index (κ3) is 4.92. The number of aliphatic carboxylic acids is 1. The lowest BCUT2D eigenvalue weighted by molar-refractivity contribution is -0.138. The van der Waals surface area contributed by atoms with Crippen LogP contribution < -0.4 is 0 Å². The minimum Gasteiger partial charge on any atom is -0.481 e. The summed E-state index contributed by atoms with van der Waals surface area (Å²) in [6.45, 7) is 0. The van der Waals surface area contributed by atoms with E-state index in [2.05, 4.69) is 39.2 Å². The van der Waals surface area contributed by atoms with Crippen LogP contribution in [0.15, 0.2) is 79.1 Å². The van der Waals surface area contributed by atoms with Crippen LogP contribution in [0.5, 0.6) is 0 Å². The quantitative estimate of drug-likeness (QED) is 0.253. The van der Waals surface area contributed by atoms with Gasteiger partial charge in [0.05, 0.1) is 16.7 Å². The van der Waals surface area contributed by atoms with Gasteiger partial charge in [-0.05, 0) is 79.5 Å². The highest BCUT2D eigenvalue weighted by atomic mass is 19.1. The molecule has 0 amide bonds. The van der Waals surface area contributed by atoms with E-state index in [1.54, 1.807) is 12.3 Å². The highest BCUT2D eigenvalue weighted by Gasteiger charge is 2.24. The number of nitrogens with zero attached hydrogens (tertiary/aromatic N) is 3. The number of rotatable bonds is 6. The van der Waals surface area contributed by atoms with Crippen LogP contribution in [-0.4, -0.2) is 31.0 Å². The van der Waals surface area contributed by atoms with Crippen molar-refractivity contribution in [1.29, 1.82) is 0 Å². The first kappa shape index (κ1) is 24.0. The van der Waals surface area contributed by atoms with Gasteiger partial charge in [0.25, 0.3) is 0 Å². The minimum absolute atomic E-state index is 0.285. The Kier molecular flexibility index (Phi) is 6.42. The first-order valence-electron chi connectivity index (χ1n) is 12.9. The number of pyridine rings is 2. The average Bonchev–Trinajstić information content (AvgIpc) is 3.37. The number of benzene rings is 2. The van der Waals surface area contributed by atoms with Crippen molar-refractivity contribution in [3.8, 4) is 33.9 Å². The smallest absolute Gasteiger partial charge is 0.303 e. The molecule has 0 unspecified atom stereocenters. The van der Waals surface area contributed by atoms with Crippen molar-refractivity contribution in [3.05, 3.63) is 90.5 Å². The Morgan fingerprint density at radius 1 is 0.921 bits per heavy atom. The zero-order chi connectivity index (χ0) is 26.1. The molecule has 6 rings (SSSR count). The van der Waals surface area contributed by atoms with Crippen LogP contribution in [-0.2, 0) is 4.79 Å². The molecule has 1 saturated carbocycles. The zero-order valence-corrected chi connectivity index (χ0v) is 20.8. The number of fused-ring (bicyclic) bond motifs is 1. The SMILES string of the molecule is O=C(O)CC1CCC(c2ccc(-c3ccc(-c4nc5cc(-c6ncccc6F)ccc5[nH]4)cn3)cc2)CC1. The van der Waals surface area contributed by atoms with Gasteiger partial charge in [-0.1, -0.05) is 30.3 Å². The Morgan fingerprint density at radius 3 is 2.39 bits per heavy atom. The van der Waals surface area contributed by atoms with E-state index in [4.69, 9.17) is 10.1 Å². The molecule has 0 spiro atoms. The maximum atomic E-state index is 14.2. The predicted molar refractivity (Wildman–Crippen MR) is 145 cm³/mol. The molecule has 0 atom stereocenters. The van der Waals surface area contributed by atoms with Crippen LogP contribution in [0.2, 0.25) is 0 Å². The molecule has 3 aromatic heterocycles. The van der Waals surface area contributed by atoms with E-state index in [9.17, 15) is 9.18 Å². The zero-order valence-electron chi connectivity index (χ0n) is 20.8. The largest absolute Gasteiger partial charge is 0.481 e. The summed E-state index contributed by atoms with van der Waals surface area (Å²) < 4.78 is 14.2. The number of imidazole rings is 1. The number of carboxylic acid groups (broad SMARTS) is 1. The lowest BCUT2D eigenvalue weighted by Crippen LogP contribution is -2.16. The predicted octanol–water partition coefficient (Wildman–Crippen LogP) is 7.24. The Balaban J connectivity index is 1.16. The number of hydrogen-bond donors (Lipinski definition) is 2. The maximum Gasteiger partial charge on any atom is 0.303 e. The highest BCUT2D eigenvalue weighted by molar-refractivity contribution is 5.84. The van der Waals surface area contributed by atoms with Crippen molar-refractivity contribution < 1.29 is 14.3 Å². The van der Waals surface area contributed by atoms with Crippen LogP contribution >= 0.6 is 0 Å².